The van der Waals surface area contributed by atoms with Gasteiger partial charge in [0, 0.05) is 25.3 Å². The van der Waals surface area contributed by atoms with E-state index < -0.39 is 0 Å². The average molecular weight is 391 g/mol. The van der Waals surface area contributed by atoms with Gasteiger partial charge >= 0.3 is 0 Å². The minimum atomic E-state index is 0.304. The third kappa shape index (κ3) is 3.92. The van der Waals surface area contributed by atoms with E-state index in [1.165, 1.54) is 5.56 Å². The molecule has 0 fully saturated rings. The first-order valence-electron chi connectivity index (χ1n) is 6.11. The third-order valence-corrected chi connectivity index (χ3v) is 5.40. The molecule has 5 heteroatoms. The van der Waals surface area contributed by atoms with Gasteiger partial charge in [-0.2, -0.15) is 0 Å². The number of halogens is 3. The smallest absolute Gasteiger partial charge is 0.0546 e. The van der Waals surface area contributed by atoms with E-state index in [0.717, 1.165) is 14.3 Å². The molecular formula is C15H14BrCl2NS. The molecule has 0 spiro atoms. The van der Waals surface area contributed by atoms with E-state index in [0.29, 0.717) is 16.1 Å². The van der Waals surface area contributed by atoms with Gasteiger partial charge in [0.15, 0.2) is 0 Å². The maximum atomic E-state index is 6.19. The number of nitrogens with one attached hydrogen (secondary N) is 1. The predicted molar refractivity (Wildman–Crippen MR) is 92.2 cm³/mol. The zero-order valence-corrected chi connectivity index (χ0v) is 15.0. The molecule has 2 aromatic rings. The van der Waals surface area contributed by atoms with Gasteiger partial charge in [-0.15, -0.1) is 0 Å². The standard InChI is InChI=1S/C15H14BrCl2NS/c1-9(19-2)12-5-4-11(8-13(12)16)20-15-7-10(17)3-6-14(15)18/h3-9,19H,1-2H3. The summed E-state index contributed by atoms with van der Waals surface area (Å²) in [5, 5.41) is 4.63. The van der Waals surface area contributed by atoms with Crippen molar-refractivity contribution in [2.75, 3.05) is 7.05 Å². The molecule has 2 rings (SSSR count). The van der Waals surface area contributed by atoms with Gasteiger partial charge < -0.3 is 5.32 Å². The van der Waals surface area contributed by atoms with Crippen molar-refractivity contribution in [1.29, 1.82) is 0 Å². The highest BCUT2D eigenvalue weighted by atomic mass is 79.9. The van der Waals surface area contributed by atoms with Crippen molar-refractivity contribution in [2.45, 2.75) is 22.8 Å². The minimum absolute atomic E-state index is 0.304. The molecule has 0 aromatic heterocycles. The van der Waals surface area contributed by atoms with Gasteiger partial charge in [0.1, 0.15) is 0 Å². The van der Waals surface area contributed by atoms with E-state index in [9.17, 15) is 0 Å². The monoisotopic (exact) mass is 389 g/mol. The summed E-state index contributed by atoms with van der Waals surface area (Å²) in [5.41, 5.74) is 1.23. The Morgan fingerprint density at radius 2 is 1.90 bits per heavy atom. The summed E-state index contributed by atoms with van der Waals surface area (Å²) < 4.78 is 1.09. The highest BCUT2D eigenvalue weighted by molar-refractivity contribution is 9.10. The summed E-state index contributed by atoms with van der Waals surface area (Å²) in [7, 11) is 1.95. The lowest BCUT2D eigenvalue weighted by atomic mass is 10.1. The molecule has 0 saturated carbocycles. The molecule has 1 atom stereocenters. The zero-order valence-electron chi connectivity index (χ0n) is 11.1. The highest BCUT2D eigenvalue weighted by Crippen LogP contribution is 2.37. The molecule has 0 aliphatic rings. The summed E-state index contributed by atoms with van der Waals surface area (Å²) >= 11 is 17.4. The Labute approximate surface area is 142 Å². The maximum Gasteiger partial charge on any atom is 0.0546 e. The number of hydrogen-bond acceptors (Lipinski definition) is 2. The van der Waals surface area contributed by atoms with Crippen LogP contribution in [0.15, 0.2) is 50.7 Å². The number of benzene rings is 2. The summed E-state index contributed by atoms with van der Waals surface area (Å²) in [6.45, 7) is 2.13. The maximum absolute atomic E-state index is 6.19. The molecule has 1 nitrogen and oxygen atoms in total. The summed E-state index contributed by atoms with van der Waals surface area (Å²) in [6.07, 6.45) is 0. The first kappa shape index (κ1) is 16.2. The fraction of sp³-hybridized carbons (Fsp3) is 0.200. The van der Waals surface area contributed by atoms with Gasteiger partial charge in [-0.05, 0) is 49.9 Å². The number of hydrogen-bond donors (Lipinski definition) is 1. The Hall–Kier alpha value is -0.190. The molecule has 0 radical (unpaired) electrons. The molecule has 106 valence electrons. The molecule has 1 unspecified atom stereocenters. The molecule has 0 aliphatic carbocycles. The fourth-order valence-electron chi connectivity index (χ4n) is 1.76. The van der Waals surface area contributed by atoms with Crippen LogP contribution < -0.4 is 5.32 Å². The number of rotatable bonds is 4. The largest absolute Gasteiger partial charge is 0.313 e. The van der Waals surface area contributed by atoms with E-state index in [4.69, 9.17) is 23.2 Å². The van der Waals surface area contributed by atoms with E-state index in [1.807, 2.05) is 19.2 Å². The normalized spacial score (nSPS) is 12.4. The van der Waals surface area contributed by atoms with Crippen molar-refractivity contribution in [3.8, 4) is 0 Å². The highest BCUT2D eigenvalue weighted by Gasteiger charge is 2.09. The lowest BCUT2D eigenvalue weighted by Crippen LogP contribution is -2.12. The second-order valence-corrected chi connectivity index (χ2v) is 7.18. The van der Waals surface area contributed by atoms with Gasteiger partial charge in [-0.3, -0.25) is 0 Å². The van der Waals surface area contributed by atoms with Crippen LogP contribution in [0.2, 0.25) is 10.0 Å². The van der Waals surface area contributed by atoms with Gasteiger partial charge in [-0.1, -0.05) is 57.0 Å². The second-order valence-electron chi connectivity index (χ2n) is 4.37. The Kier molecular flexibility index (Phi) is 5.82. The van der Waals surface area contributed by atoms with Gasteiger partial charge in [0.05, 0.1) is 5.02 Å². The van der Waals surface area contributed by atoms with Crippen LogP contribution in [-0.2, 0) is 0 Å². The van der Waals surface area contributed by atoms with Crippen molar-refractivity contribution in [1.82, 2.24) is 5.32 Å². The fourth-order valence-corrected chi connectivity index (χ4v) is 4.02. The van der Waals surface area contributed by atoms with Crippen LogP contribution in [0.5, 0.6) is 0 Å². The predicted octanol–water partition coefficient (Wildman–Crippen LogP) is 6.19. The molecule has 0 saturated heterocycles. The molecular weight excluding hydrogens is 377 g/mol. The van der Waals surface area contributed by atoms with E-state index in [1.54, 1.807) is 17.8 Å². The lowest BCUT2D eigenvalue weighted by Gasteiger charge is -2.14. The third-order valence-electron chi connectivity index (χ3n) is 2.99. The van der Waals surface area contributed by atoms with Crippen molar-refractivity contribution in [3.05, 3.63) is 56.5 Å². The van der Waals surface area contributed by atoms with E-state index in [2.05, 4.69) is 46.4 Å². The summed E-state index contributed by atoms with van der Waals surface area (Å²) in [5.74, 6) is 0. The van der Waals surface area contributed by atoms with Gasteiger partial charge in [0.2, 0.25) is 0 Å². The second kappa shape index (κ2) is 7.19. The molecule has 0 aliphatic heterocycles. The topological polar surface area (TPSA) is 12.0 Å². The van der Waals surface area contributed by atoms with Crippen LogP contribution >= 0.6 is 50.9 Å². The van der Waals surface area contributed by atoms with E-state index in [-0.39, 0.29) is 0 Å². The minimum Gasteiger partial charge on any atom is -0.313 e. The lowest BCUT2D eigenvalue weighted by molar-refractivity contribution is 0.649. The SMILES string of the molecule is CNC(C)c1ccc(Sc2cc(Cl)ccc2Cl)cc1Br. The molecule has 0 heterocycles. The van der Waals surface area contributed by atoms with Crippen molar-refractivity contribution < 1.29 is 0 Å². The Bertz CT molecular complexity index is 619. The van der Waals surface area contributed by atoms with Crippen molar-refractivity contribution in [3.63, 3.8) is 0 Å². The quantitative estimate of drug-likeness (QED) is 0.667. The first-order chi connectivity index (χ1) is 9.51. The molecule has 20 heavy (non-hydrogen) atoms. The molecule has 0 amide bonds. The van der Waals surface area contributed by atoms with Crippen LogP contribution in [-0.4, -0.2) is 7.05 Å². The molecule has 2 aromatic carbocycles. The Morgan fingerprint density at radius 1 is 1.15 bits per heavy atom. The van der Waals surface area contributed by atoms with Crippen LogP contribution in [0.1, 0.15) is 18.5 Å². The Morgan fingerprint density at radius 3 is 2.55 bits per heavy atom. The summed E-state index contributed by atoms with van der Waals surface area (Å²) in [4.78, 5) is 2.08. The van der Waals surface area contributed by atoms with Crippen LogP contribution in [0.4, 0.5) is 0 Å². The average Bonchev–Trinajstić information content (AvgIpc) is 2.42. The summed E-state index contributed by atoms with van der Waals surface area (Å²) in [6, 6.07) is 12.1. The van der Waals surface area contributed by atoms with Crippen molar-refractivity contribution >= 4 is 50.9 Å². The van der Waals surface area contributed by atoms with Gasteiger partial charge in [-0.25, -0.2) is 0 Å². The van der Waals surface area contributed by atoms with Crippen molar-refractivity contribution in [2.24, 2.45) is 0 Å². The Balaban J connectivity index is 2.26. The van der Waals surface area contributed by atoms with Gasteiger partial charge in [0.25, 0.3) is 0 Å². The van der Waals surface area contributed by atoms with E-state index >= 15 is 0 Å². The van der Waals surface area contributed by atoms with Crippen LogP contribution in [0, 0.1) is 0 Å². The van der Waals surface area contributed by atoms with Crippen LogP contribution in [0.25, 0.3) is 0 Å². The molecule has 0 bridgehead atoms. The molecule has 1 N–H and O–H groups in total. The first-order valence-corrected chi connectivity index (χ1v) is 8.47. The van der Waals surface area contributed by atoms with Crippen LogP contribution in [0.3, 0.4) is 0 Å². The zero-order chi connectivity index (χ0) is 14.7.